The fourth-order valence-electron chi connectivity index (χ4n) is 2.08. The van der Waals surface area contributed by atoms with Crippen molar-refractivity contribution in [2.75, 3.05) is 13.1 Å². The van der Waals surface area contributed by atoms with Crippen LogP contribution in [0.5, 0.6) is 0 Å². The number of benzene rings is 1. The molecule has 0 heterocycles. The van der Waals surface area contributed by atoms with Crippen LogP contribution in [0, 0.1) is 0 Å². The lowest BCUT2D eigenvalue weighted by molar-refractivity contribution is -0.138. The van der Waals surface area contributed by atoms with Crippen LogP contribution in [0.4, 0.5) is 13.2 Å². The first kappa shape index (κ1) is 15.0. The third kappa shape index (κ3) is 4.33. The fraction of sp³-hybridized carbons (Fsp3) is 0.571. The summed E-state index contributed by atoms with van der Waals surface area (Å²) in [6, 6.07) is 5.84. The molecule has 0 aliphatic carbocycles. The Morgan fingerprint density at radius 3 is 2.06 bits per heavy atom. The molecule has 0 spiro atoms. The van der Waals surface area contributed by atoms with Crippen LogP contribution in [0.1, 0.15) is 37.8 Å². The Kier molecular flexibility index (Phi) is 5.66. The first-order valence-corrected chi connectivity index (χ1v) is 6.36. The highest BCUT2D eigenvalue weighted by Gasteiger charge is 2.33. The third-order valence-electron chi connectivity index (χ3n) is 2.80. The monoisotopic (exact) mass is 259 g/mol. The van der Waals surface area contributed by atoms with Gasteiger partial charge in [-0.05, 0) is 37.6 Å². The standard InChI is InChI=1S/C14H20F3N/c1-3-9-18(10-4-2)11-12-7-5-6-8-13(12)14(15,16)17/h5-8H,3-4,9-11H2,1-2H3. The fourth-order valence-corrected chi connectivity index (χ4v) is 2.08. The highest BCUT2D eigenvalue weighted by atomic mass is 19.4. The number of halogens is 3. The molecule has 1 aromatic rings. The van der Waals surface area contributed by atoms with Crippen LogP contribution in [0.3, 0.4) is 0 Å². The third-order valence-corrected chi connectivity index (χ3v) is 2.80. The van der Waals surface area contributed by atoms with Crippen LogP contribution in [-0.4, -0.2) is 18.0 Å². The Labute approximate surface area is 107 Å². The number of rotatable bonds is 6. The Bertz CT molecular complexity index is 354. The Morgan fingerprint density at radius 1 is 1.00 bits per heavy atom. The number of hydrogen-bond acceptors (Lipinski definition) is 1. The van der Waals surface area contributed by atoms with Crippen molar-refractivity contribution in [3.8, 4) is 0 Å². The maximum atomic E-state index is 12.9. The molecule has 0 unspecified atom stereocenters. The van der Waals surface area contributed by atoms with E-state index in [1.165, 1.54) is 6.07 Å². The van der Waals surface area contributed by atoms with Gasteiger partial charge in [-0.25, -0.2) is 0 Å². The van der Waals surface area contributed by atoms with Gasteiger partial charge in [-0.1, -0.05) is 32.0 Å². The van der Waals surface area contributed by atoms with Crippen molar-refractivity contribution in [1.29, 1.82) is 0 Å². The lowest BCUT2D eigenvalue weighted by Gasteiger charge is -2.23. The minimum absolute atomic E-state index is 0.368. The molecule has 1 rings (SSSR count). The second-order valence-electron chi connectivity index (χ2n) is 4.43. The first-order valence-electron chi connectivity index (χ1n) is 6.36. The molecule has 0 atom stereocenters. The van der Waals surface area contributed by atoms with E-state index in [-0.39, 0.29) is 0 Å². The molecule has 1 nitrogen and oxygen atoms in total. The van der Waals surface area contributed by atoms with Gasteiger partial charge in [-0.15, -0.1) is 0 Å². The maximum Gasteiger partial charge on any atom is 0.416 e. The molecule has 1 aromatic carbocycles. The predicted octanol–water partition coefficient (Wildman–Crippen LogP) is 4.33. The Balaban J connectivity index is 2.88. The van der Waals surface area contributed by atoms with Crippen molar-refractivity contribution in [3.05, 3.63) is 35.4 Å². The summed E-state index contributed by atoms with van der Waals surface area (Å²) >= 11 is 0. The van der Waals surface area contributed by atoms with E-state index in [2.05, 4.69) is 4.90 Å². The van der Waals surface area contributed by atoms with Crippen LogP contribution < -0.4 is 0 Å². The average molecular weight is 259 g/mol. The van der Waals surface area contributed by atoms with E-state index < -0.39 is 11.7 Å². The van der Waals surface area contributed by atoms with Crippen molar-refractivity contribution in [2.24, 2.45) is 0 Å². The summed E-state index contributed by atoms with van der Waals surface area (Å²) in [7, 11) is 0. The molecular weight excluding hydrogens is 239 g/mol. The number of alkyl halides is 3. The minimum atomic E-state index is -4.26. The second-order valence-corrected chi connectivity index (χ2v) is 4.43. The van der Waals surface area contributed by atoms with Crippen LogP contribution in [0.15, 0.2) is 24.3 Å². The summed E-state index contributed by atoms with van der Waals surface area (Å²) in [6.07, 6.45) is -2.36. The molecule has 0 fully saturated rings. The van der Waals surface area contributed by atoms with E-state index >= 15 is 0 Å². The Hall–Kier alpha value is -1.03. The maximum absolute atomic E-state index is 12.9. The van der Waals surface area contributed by atoms with Gasteiger partial charge in [0.2, 0.25) is 0 Å². The topological polar surface area (TPSA) is 3.24 Å². The van der Waals surface area contributed by atoms with Gasteiger partial charge in [-0.3, -0.25) is 4.90 Å². The highest BCUT2D eigenvalue weighted by molar-refractivity contribution is 5.29. The van der Waals surface area contributed by atoms with Gasteiger partial charge in [0.15, 0.2) is 0 Å². The Morgan fingerprint density at radius 2 is 1.56 bits per heavy atom. The highest BCUT2D eigenvalue weighted by Crippen LogP contribution is 2.32. The summed E-state index contributed by atoms with van der Waals surface area (Å²) < 4.78 is 38.6. The lowest BCUT2D eigenvalue weighted by atomic mass is 10.1. The average Bonchev–Trinajstić information content (AvgIpc) is 2.29. The van der Waals surface area contributed by atoms with Crippen LogP contribution in [0.25, 0.3) is 0 Å². The van der Waals surface area contributed by atoms with Gasteiger partial charge in [0.1, 0.15) is 0 Å². The van der Waals surface area contributed by atoms with E-state index in [0.29, 0.717) is 12.1 Å². The van der Waals surface area contributed by atoms with Crippen molar-refractivity contribution >= 4 is 0 Å². The van der Waals surface area contributed by atoms with Gasteiger partial charge in [0, 0.05) is 6.54 Å². The quantitative estimate of drug-likeness (QED) is 0.735. The van der Waals surface area contributed by atoms with Gasteiger partial charge in [0.25, 0.3) is 0 Å². The van der Waals surface area contributed by atoms with Gasteiger partial charge >= 0.3 is 6.18 Å². The molecule has 18 heavy (non-hydrogen) atoms. The minimum Gasteiger partial charge on any atom is -0.299 e. The van der Waals surface area contributed by atoms with Crippen molar-refractivity contribution in [3.63, 3.8) is 0 Å². The zero-order valence-electron chi connectivity index (χ0n) is 10.9. The molecule has 0 saturated heterocycles. The van der Waals surface area contributed by atoms with Crippen LogP contribution in [-0.2, 0) is 12.7 Å². The molecule has 102 valence electrons. The first-order chi connectivity index (χ1) is 8.49. The SMILES string of the molecule is CCCN(CCC)Cc1ccccc1C(F)(F)F. The molecule has 0 radical (unpaired) electrons. The molecule has 0 bridgehead atoms. The molecule has 0 saturated carbocycles. The van der Waals surface area contributed by atoms with Crippen molar-refractivity contribution in [1.82, 2.24) is 4.90 Å². The summed E-state index contributed by atoms with van der Waals surface area (Å²) in [5.74, 6) is 0. The van der Waals surface area contributed by atoms with Gasteiger partial charge in [0.05, 0.1) is 5.56 Å². The number of nitrogens with zero attached hydrogens (tertiary/aromatic N) is 1. The molecule has 0 aliphatic rings. The predicted molar refractivity (Wildman–Crippen MR) is 67.3 cm³/mol. The normalized spacial score (nSPS) is 12.1. The molecule has 0 N–H and O–H groups in total. The zero-order chi connectivity index (χ0) is 13.6. The number of hydrogen-bond donors (Lipinski definition) is 0. The molecule has 0 amide bonds. The summed E-state index contributed by atoms with van der Waals surface area (Å²) in [6.45, 7) is 6.12. The van der Waals surface area contributed by atoms with E-state index in [1.54, 1.807) is 12.1 Å². The van der Waals surface area contributed by atoms with E-state index in [4.69, 9.17) is 0 Å². The van der Waals surface area contributed by atoms with Crippen molar-refractivity contribution in [2.45, 2.75) is 39.4 Å². The molecular formula is C14H20F3N. The summed E-state index contributed by atoms with van der Waals surface area (Å²) in [5.41, 5.74) is -0.144. The van der Waals surface area contributed by atoms with E-state index in [9.17, 15) is 13.2 Å². The van der Waals surface area contributed by atoms with E-state index in [0.717, 1.165) is 32.0 Å². The van der Waals surface area contributed by atoms with Gasteiger partial charge in [-0.2, -0.15) is 13.2 Å². The largest absolute Gasteiger partial charge is 0.416 e. The van der Waals surface area contributed by atoms with Crippen LogP contribution in [0.2, 0.25) is 0 Å². The van der Waals surface area contributed by atoms with Gasteiger partial charge < -0.3 is 0 Å². The zero-order valence-corrected chi connectivity index (χ0v) is 10.9. The lowest BCUT2D eigenvalue weighted by Crippen LogP contribution is -2.26. The summed E-state index contributed by atoms with van der Waals surface area (Å²) in [4.78, 5) is 2.07. The van der Waals surface area contributed by atoms with E-state index in [1.807, 2.05) is 13.8 Å². The van der Waals surface area contributed by atoms with Crippen molar-refractivity contribution < 1.29 is 13.2 Å². The molecule has 0 aromatic heterocycles. The van der Waals surface area contributed by atoms with Crippen LogP contribution >= 0.6 is 0 Å². The molecule has 0 aliphatic heterocycles. The smallest absolute Gasteiger partial charge is 0.299 e. The molecule has 4 heteroatoms. The summed E-state index contributed by atoms with van der Waals surface area (Å²) in [5, 5.41) is 0. The second kappa shape index (κ2) is 6.78.